The Bertz CT molecular complexity index is 270. The maximum Gasteiger partial charge on any atom is 0.183 e. The van der Waals surface area contributed by atoms with E-state index in [0.29, 0.717) is 19.4 Å². The first kappa shape index (κ1) is 10.5. The molecule has 0 amide bonds. The van der Waals surface area contributed by atoms with Crippen LogP contribution in [0.4, 0.5) is 0 Å². The molecule has 0 saturated carbocycles. The van der Waals surface area contributed by atoms with E-state index in [9.17, 15) is 8.42 Å². The Morgan fingerprint density at radius 3 is 2.46 bits per heavy atom. The molecule has 1 aliphatic heterocycles. The van der Waals surface area contributed by atoms with Crippen LogP contribution in [-0.4, -0.2) is 32.4 Å². The molecule has 0 atom stereocenters. The van der Waals surface area contributed by atoms with Crippen molar-refractivity contribution < 1.29 is 13.2 Å². The minimum Gasteiger partial charge on any atom is -0.481 e. The molecule has 0 bridgehead atoms. The van der Waals surface area contributed by atoms with Gasteiger partial charge < -0.3 is 4.74 Å². The lowest BCUT2D eigenvalue weighted by atomic mass is 10.0. The van der Waals surface area contributed by atoms with E-state index in [2.05, 4.69) is 0 Å². The average Bonchev–Trinajstić information content (AvgIpc) is 2.04. The summed E-state index contributed by atoms with van der Waals surface area (Å²) in [5.41, 5.74) is 0. The Hall–Kier alpha value is -0.580. The fourth-order valence-corrected chi connectivity index (χ4v) is 2.92. The van der Waals surface area contributed by atoms with Crippen molar-refractivity contribution in [2.45, 2.75) is 19.8 Å². The Labute approximate surface area is 78.7 Å². The molecule has 76 valence electrons. The summed E-state index contributed by atoms with van der Waals surface area (Å²) in [5.74, 6) is 0.668. The molecule has 0 aromatic rings. The van der Waals surface area contributed by atoms with Crippen molar-refractivity contribution in [1.82, 2.24) is 0 Å². The molecule has 0 aromatic carbocycles. The van der Waals surface area contributed by atoms with E-state index in [4.69, 9.17) is 10.1 Å². The third kappa shape index (κ3) is 2.99. The van der Waals surface area contributed by atoms with Crippen molar-refractivity contribution in [2.24, 2.45) is 5.92 Å². The lowest BCUT2D eigenvalue weighted by Gasteiger charge is -2.21. The first-order valence-electron chi connectivity index (χ1n) is 4.47. The molecule has 1 N–H and O–H groups in total. The van der Waals surface area contributed by atoms with Crippen molar-refractivity contribution in [3.8, 4) is 0 Å². The third-order valence-electron chi connectivity index (χ3n) is 2.23. The third-order valence-corrected chi connectivity index (χ3v) is 3.94. The van der Waals surface area contributed by atoms with Gasteiger partial charge in [0.05, 0.1) is 18.1 Å². The Morgan fingerprint density at radius 2 is 2.00 bits per heavy atom. The van der Waals surface area contributed by atoms with Gasteiger partial charge in [0.15, 0.2) is 5.90 Å². The van der Waals surface area contributed by atoms with E-state index in [1.165, 1.54) is 0 Å². The van der Waals surface area contributed by atoms with Gasteiger partial charge in [-0.1, -0.05) is 0 Å². The quantitative estimate of drug-likeness (QED) is 0.536. The zero-order chi connectivity index (χ0) is 9.90. The molecule has 1 aliphatic rings. The van der Waals surface area contributed by atoms with E-state index < -0.39 is 9.84 Å². The number of hydrogen-bond donors (Lipinski definition) is 1. The highest BCUT2D eigenvalue weighted by atomic mass is 32.2. The minimum atomic E-state index is -2.82. The van der Waals surface area contributed by atoms with Gasteiger partial charge in [0.25, 0.3) is 0 Å². The molecule has 1 fully saturated rings. The van der Waals surface area contributed by atoms with E-state index >= 15 is 0 Å². The van der Waals surface area contributed by atoms with E-state index in [-0.39, 0.29) is 23.3 Å². The molecule has 0 radical (unpaired) electrons. The molecule has 1 saturated heterocycles. The van der Waals surface area contributed by atoms with Gasteiger partial charge in [-0.05, 0) is 19.8 Å². The molecule has 1 rings (SSSR count). The smallest absolute Gasteiger partial charge is 0.183 e. The lowest BCUT2D eigenvalue weighted by molar-refractivity contribution is 0.291. The first-order valence-corrected chi connectivity index (χ1v) is 6.29. The van der Waals surface area contributed by atoms with Crippen LogP contribution >= 0.6 is 0 Å². The van der Waals surface area contributed by atoms with Gasteiger partial charge in [-0.25, -0.2) is 8.42 Å². The molecular formula is C8H15NO3S. The molecular weight excluding hydrogens is 190 g/mol. The van der Waals surface area contributed by atoms with Crippen molar-refractivity contribution >= 4 is 15.7 Å². The minimum absolute atomic E-state index is 0.0171. The molecule has 0 aliphatic carbocycles. The Kier molecular flexibility index (Phi) is 3.30. The number of hydrogen-bond acceptors (Lipinski definition) is 4. The number of sulfone groups is 1. The topological polar surface area (TPSA) is 67.2 Å². The van der Waals surface area contributed by atoms with E-state index in [0.717, 1.165) is 0 Å². The van der Waals surface area contributed by atoms with Crippen molar-refractivity contribution in [3.63, 3.8) is 0 Å². The molecule has 5 heteroatoms. The second kappa shape index (κ2) is 4.09. The van der Waals surface area contributed by atoms with E-state index in [1.807, 2.05) is 6.92 Å². The molecule has 0 aromatic heterocycles. The highest BCUT2D eigenvalue weighted by Crippen LogP contribution is 2.20. The summed E-state index contributed by atoms with van der Waals surface area (Å²) in [4.78, 5) is 0. The average molecular weight is 205 g/mol. The van der Waals surface area contributed by atoms with Gasteiger partial charge in [0, 0.05) is 5.92 Å². The largest absolute Gasteiger partial charge is 0.481 e. The standard InChI is InChI=1S/C8H15NO3S/c1-2-12-8(9)7-3-5-13(10,11)6-4-7/h7,9H,2-6H2,1H3. The van der Waals surface area contributed by atoms with Crippen LogP contribution in [0.25, 0.3) is 0 Å². The number of nitrogens with one attached hydrogen (secondary N) is 1. The van der Waals surface area contributed by atoms with Crippen LogP contribution in [0.15, 0.2) is 0 Å². The van der Waals surface area contributed by atoms with Gasteiger partial charge in [0.2, 0.25) is 0 Å². The summed E-state index contributed by atoms with van der Waals surface area (Å²) >= 11 is 0. The van der Waals surface area contributed by atoms with Gasteiger partial charge in [-0.15, -0.1) is 0 Å². The Morgan fingerprint density at radius 1 is 1.46 bits per heavy atom. The zero-order valence-corrected chi connectivity index (χ0v) is 8.56. The van der Waals surface area contributed by atoms with Crippen molar-refractivity contribution in [3.05, 3.63) is 0 Å². The summed E-state index contributed by atoms with van der Waals surface area (Å²) in [6, 6.07) is 0. The summed E-state index contributed by atoms with van der Waals surface area (Å²) in [6.07, 6.45) is 1.09. The number of rotatable bonds is 2. The zero-order valence-electron chi connectivity index (χ0n) is 7.75. The first-order chi connectivity index (χ1) is 6.05. The molecule has 4 nitrogen and oxygen atoms in total. The van der Waals surface area contributed by atoms with Crippen LogP contribution in [0.2, 0.25) is 0 Å². The summed E-state index contributed by atoms with van der Waals surface area (Å²) < 4.78 is 27.2. The van der Waals surface area contributed by atoms with Crippen LogP contribution < -0.4 is 0 Å². The van der Waals surface area contributed by atoms with Crippen molar-refractivity contribution in [2.75, 3.05) is 18.1 Å². The van der Waals surface area contributed by atoms with Crippen molar-refractivity contribution in [1.29, 1.82) is 5.41 Å². The second-order valence-electron chi connectivity index (χ2n) is 3.22. The maximum absolute atomic E-state index is 11.1. The maximum atomic E-state index is 11.1. The van der Waals surface area contributed by atoms with Gasteiger partial charge in [-0.3, -0.25) is 5.41 Å². The van der Waals surface area contributed by atoms with Gasteiger partial charge in [-0.2, -0.15) is 0 Å². The normalized spacial score (nSPS) is 22.5. The monoisotopic (exact) mass is 205 g/mol. The summed E-state index contributed by atoms with van der Waals surface area (Å²) in [6.45, 7) is 2.32. The highest BCUT2D eigenvalue weighted by molar-refractivity contribution is 7.91. The second-order valence-corrected chi connectivity index (χ2v) is 5.53. The summed E-state index contributed by atoms with van der Waals surface area (Å²) in [5, 5.41) is 7.50. The molecule has 13 heavy (non-hydrogen) atoms. The lowest BCUT2D eigenvalue weighted by Crippen LogP contribution is -2.29. The van der Waals surface area contributed by atoms with Crippen LogP contribution in [0, 0.1) is 11.3 Å². The van der Waals surface area contributed by atoms with Gasteiger partial charge >= 0.3 is 0 Å². The fraction of sp³-hybridized carbons (Fsp3) is 0.875. The van der Waals surface area contributed by atoms with Gasteiger partial charge in [0.1, 0.15) is 9.84 Å². The van der Waals surface area contributed by atoms with Crippen LogP contribution in [0.3, 0.4) is 0 Å². The summed E-state index contributed by atoms with van der Waals surface area (Å²) in [7, 11) is -2.82. The fourth-order valence-electron chi connectivity index (χ4n) is 1.43. The molecule has 0 unspecified atom stereocenters. The Balaban J connectivity index is 2.45. The molecule has 1 heterocycles. The number of ether oxygens (including phenoxy) is 1. The SMILES string of the molecule is CCOC(=N)C1CCS(=O)(=O)CC1. The van der Waals surface area contributed by atoms with Crippen LogP contribution in [-0.2, 0) is 14.6 Å². The highest BCUT2D eigenvalue weighted by Gasteiger charge is 2.26. The van der Waals surface area contributed by atoms with E-state index in [1.54, 1.807) is 0 Å². The predicted molar refractivity (Wildman–Crippen MR) is 50.7 cm³/mol. The van der Waals surface area contributed by atoms with Crippen LogP contribution in [0.5, 0.6) is 0 Å². The van der Waals surface area contributed by atoms with Crippen LogP contribution in [0.1, 0.15) is 19.8 Å². The predicted octanol–water partition coefficient (Wildman–Crippen LogP) is 0.825. The molecule has 0 spiro atoms.